The minimum Gasteiger partial charge on any atom is -0.364 e. The molecule has 1 rings (SSSR count). The van der Waals surface area contributed by atoms with Crippen molar-refractivity contribution in [2.75, 3.05) is 0 Å². The van der Waals surface area contributed by atoms with E-state index in [-0.39, 0.29) is 5.69 Å². The highest BCUT2D eigenvalue weighted by Gasteiger charge is 2.07. The van der Waals surface area contributed by atoms with Crippen LogP contribution in [0.3, 0.4) is 0 Å². The van der Waals surface area contributed by atoms with Crippen LogP contribution in [0.4, 0.5) is 0 Å². The van der Waals surface area contributed by atoms with Crippen molar-refractivity contribution in [3.63, 3.8) is 0 Å². The Morgan fingerprint density at radius 3 is 3.00 bits per heavy atom. The number of aromatic nitrogens is 2. The molecule has 0 saturated heterocycles. The molecule has 0 fully saturated rings. The Hall–Kier alpha value is -1.76. The minimum absolute atomic E-state index is 0.223. The molecule has 16 heavy (non-hydrogen) atoms. The van der Waals surface area contributed by atoms with Crippen LogP contribution in [0.2, 0.25) is 0 Å². The van der Waals surface area contributed by atoms with Gasteiger partial charge >= 0.3 is 0 Å². The number of unbranched alkanes of at least 4 members (excludes halogenated alkanes) is 4. The molecule has 4 heteroatoms. The number of imidazole rings is 1. The van der Waals surface area contributed by atoms with E-state index in [9.17, 15) is 4.79 Å². The molecule has 0 spiro atoms. The third kappa shape index (κ3) is 3.77. The Morgan fingerprint density at radius 2 is 2.31 bits per heavy atom. The van der Waals surface area contributed by atoms with Crippen LogP contribution in [-0.2, 0) is 0 Å². The summed E-state index contributed by atoms with van der Waals surface area (Å²) in [7, 11) is 0. The number of hydrogen-bond donors (Lipinski definition) is 2. The summed E-state index contributed by atoms with van der Waals surface area (Å²) in [5, 5.41) is 0. The molecular formula is C12H17N3O. The first-order chi connectivity index (χ1) is 7.75. The normalized spacial score (nSPS) is 9.56. The van der Waals surface area contributed by atoms with E-state index >= 15 is 0 Å². The predicted octanol–water partition coefficient (Wildman–Crippen LogP) is 1.83. The number of rotatable bonds is 5. The molecule has 0 atom stereocenters. The Balaban J connectivity index is 2.44. The van der Waals surface area contributed by atoms with E-state index in [1.165, 1.54) is 25.6 Å². The summed E-state index contributed by atoms with van der Waals surface area (Å²) >= 11 is 0. The fraction of sp³-hybridized carbons (Fsp3) is 0.500. The van der Waals surface area contributed by atoms with Gasteiger partial charge in [0.15, 0.2) is 5.69 Å². The molecule has 1 heterocycles. The van der Waals surface area contributed by atoms with E-state index in [2.05, 4.69) is 28.7 Å². The van der Waals surface area contributed by atoms with Crippen LogP contribution in [0.15, 0.2) is 6.33 Å². The smallest absolute Gasteiger partial charge is 0.270 e. The van der Waals surface area contributed by atoms with Gasteiger partial charge in [-0.1, -0.05) is 32.1 Å². The van der Waals surface area contributed by atoms with Crippen molar-refractivity contribution in [3.05, 3.63) is 17.7 Å². The average Bonchev–Trinajstić information content (AvgIpc) is 2.71. The van der Waals surface area contributed by atoms with E-state index < -0.39 is 5.91 Å². The second-order valence-corrected chi connectivity index (χ2v) is 3.60. The van der Waals surface area contributed by atoms with Crippen molar-refractivity contribution in [2.24, 2.45) is 5.73 Å². The van der Waals surface area contributed by atoms with Crippen LogP contribution >= 0.6 is 0 Å². The summed E-state index contributed by atoms with van der Waals surface area (Å²) in [4.78, 5) is 17.5. The maximum absolute atomic E-state index is 10.9. The highest BCUT2D eigenvalue weighted by molar-refractivity contribution is 5.92. The summed E-state index contributed by atoms with van der Waals surface area (Å²) in [5.74, 6) is 5.35. The number of aromatic amines is 1. The number of amides is 1. The van der Waals surface area contributed by atoms with Crippen molar-refractivity contribution in [1.29, 1.82) is 0 Å². The fourth-order valence-electron chi connectivity index (χ4n) is 1.37. The molecule has 0 aliphatic carbocycles. The second-order valence-electron chi connectivity index (χ2n) is 3.60. The van der Waals surface area contributed by atoms with Gasteiger partial charge in [-0.3, -0.25) is 4.79 Å². The first kappa shape index (κ1) is 12.3. The molecule has 0 aliphatic rings. The second kappa shape index (κ2) is 6.67. The molecule has 0 bridgehead atoms. The molecular weight excluding hydrogens is 202 g/mol. The summed E-state index contributed by atoms with van der Waals surface area (Å²) in [6.07, 6.45) is 7.05. The molecule has 0 aromatic carbocycles. The number of carbonyl (C=O) groups excluding carboxylic acids is 1. The summed E-state index contributed by atoms with van der Waals surface area (Å²) < 4.78 is 0. The van der Waals surface area contributed by atoms with Crippen molar-refractivity contribution in [2.45, 2.75) is 39.0 Å². The zero-order chi connectivity index (χ0) is 11.8. The van der Waals surface area contributed by atoms with E-state index in [0.29, 0.717) is 5.69 Å². The van der Waals surface area contributed by atoms with Crippen LogP contribution in [0.1, 0.15) is 55.2 Å². The van der Waals surface area contributed by atoms with E-state index in [0.717, 1.165) is 12.8 Å². The largest absolute Gasteiger partial charge is 0.364 e. The van der Waals surface area contributed by atoms with Gasteiger partial charge in [0, 0.05) is 6.42 Å². The van der Waals surface area contributed by atoms with Crippen LogP contribution < -0.4 is 5.73 Å². The number of H-pyrrole nitrogens is 1. The number of carbonyl (C=O) groups is 1. The molecule has 0 saturated carbocycles. The molecule has 0 radical (unpaired) electrons. The van der Waals surface area contributed by atoms with Crippen molar-refractivity contribution < 1.29 is 4.79 Å². The fourth-order valence-corrected chi connectivity index (χ4v) is 1.37. The lowest BCUT2D eigenvalue weighted by Gasteiger charge is -1.92. The zero-order valence-electron chi connectivity index (χ0n) is 9.55. The zero-order valence-corrected chi connectivity index (χ0v) is 9.55. The standard InChI is InChI=1S/C12H17N3O/c1-2-3-4-5-6-7-8-10-11(12(13)16)15-9-14-10/h9H,2-6H2,1H3,(H2,13,16)(H,14,15). The van der Waals surface area contributed by atoms with Crippen molar-refractivity contribution >= 4 is 5.91 Å². The molecule has 1 amide bonds. The number of hydrogen-bond acceptors (Lipinski definition) is 2. The molecule has 0 aliphatic heterocycles. The lowest BCUT2D eigenvalue weighted by molar-refractivity contribution is 0.0996. The monoisotopic (exact) mass is 219 g/mol. The Morgan fingerprint density at radius 1 is 1.50 bits per heavy atom. The molecule has 1 aromatic rings. The summed E-state index contributed by atoms with van der Waals surface area (Å²) in [6, 6.07) is 0. The lowest BCUT2D eigenvalue weighted by Crippen LogP contribution is -2.12. The van der Waals surface area contributed by atoms with Gasteiger partial charge in [0.05, 0.1) is 6.33 Å². The van der Waals surface area contributed by atoms with Gasteiger partial charge in [-0.2, -0.15) is 0 Å². The SMILES string of the molecule is CCCCCCC#Cc1[nH]cnc1C(N)=O. The number of nitrogens with zero attached hydrogens (tertiary/aromatic N) is 1. The van der Waals surface area contributed by atoms with E-state index in [1.54, 1.807) is 0 Å². The van der Waals surface area contributed by atoms with Gasteiger partial charge in [0.25, 0.3) is 5.91 Å². The quantitative estimate of drug-likeness (QED) is 0.585. The van der Waals surface area contributed by atoms with Crippen LogP contribution in [-0.4, -0.2) is 15.9 Å². The Kier molecular flexibility index (Phi) is 5.13. The highest BCUT2D eigenvalue weighted by atomic mass is 16.1. The van der Waals surface area contributed by atoms with Crippen LogP contribution in [0.25, 0.3) is 0 Å². The van der Waals surface area contributed by atoms with Gasteiger partial charge in [-0.25, -0.2) is 4.98 Å². The van der Waals surface area contributed by atoms with Gasteiger partial charge in [-0.05, 0) is 12.3 Å². The van der Waals surface area contributed by atoms with Crippen molar-refractivity contribution in [1.82, 2.24) is 9.97 Å². The first-order valence-corrected chi connectivity index (χ1v) is 5.57. The van der Waals surface area contributed by atoms with E-state index in [1.807, 2.05) is 0 Å². The van der Waals surface area contributed by atoms with Crippen LogP contribution in [0, 0.1) is 11.8 Å². The maximum Gasteiger partial charge on any atom is 0.270 e. The van der Waals surface area contributed by atoms with Crippen molar-refractivity contribution in [3.8, 4) is 11.8 Å². The summed E-state index contributed by atoms with van der Waals surface area (Å²) in [6.45, 7) is 2.18. The Labute approximate surface area is 95.6 Å². The minimum atomic E-state index is -0.545. The molecule has 4 nitrogen and oxygen atoms in total. The highest BCUT2D eigenvalue weighted by Crippen LogP contribution is 2.02. The van der Waals surface area contributed by atoms with Gasteiger partial charge < -0.3 is 10.7 Å². The van der Waals surface area contributed by atoms with E-state index in [4.69, 9.17) is 5.73 Å². The molecule has 1 aromatic heterocycles. The third-order valence-electron chi connectivity index (χ3n) is 2.24. The molecule has 86 valence electrons. The number of nitrogens with two attached hydrogens (primary N) is 1. The topological polar surface area (TPSA) is 71.8 Å². The maximum atomic E-state index is 10.9. The number of nitrogens with one attached hydrogen (secondary N) is 1. The predicted molar refractivity (Wildman–Crippen MR) is 62.7 cm³/mol. The molecule has 0 unspecified atom stereocenters. The Bertz CT molecular complexity index is 398. The first-order valence-electron chi connectivity index (χ1n) is 5.57. The van der Waals surface area contributed by atoms with Crippen LogP contribution in [0.5, 0.6) is 0 Å². The van der Waals surface area contributed by atoms with Gasteiger partial charge in [-0.15, -0.1) is 0 Å². The van der Waals surface area contributed by atoms with Gasteiger partial charge in [0.2, 0.25) is 0 Å². The lowest BCUT2D eigenvalue weighted by atomic mass is 10.1. The third-order valence-corrected chi connectivity index (χ3v) is 2.24. The molecule has 3 N–H and O–H groups in total. The average molecular weight is 219 g/mol. The van der Waals surface area contributed by atoms with Gasteiger partial charge in [0.1, 0.15) is 5.69 Å². The number of primary amides is 1. The summed E-state index contributed by atoms with van der Waals surface area (Å²) in [5.41, 5.74) is 5.88.